The zero-order chi connectivity index (χ0) is 13.1. The molecule has 0 aliphatic heterocycles. The van der Waals surface area contributed by atoms with E-state index in [1.165, 1.54) is 0 Å². The van der Waals surface area contributed by atoms with Gasteiger partial charge in [0.2, 0.25) is 0 Å². The summed E-state index contributed by atoms with van der Waals surface area (Å²) in [6.45, 7) is 6.01. The average molecular weight is 244 g/mol. The molecule has 2 aromatic rings. The molecule has 0 aromatic carbocycles. The smallest absolute Gasteiger partial charge is 0.355 e. The summed E-state index contributed by atoms with van der Waals surface area (Å²) in [5, 5.41) is 0. The molecule has 0 atom stereocenters. The van der Waals surface area contributed by atoms with E-state index in [-0.39, 0.29) is 12.6 Å². The number of hydrogen-bond acceptors (Lipinski definition) is 3. The van der Waals surface area contributed by atoms with E-state index in [2.05, 4.69) is 9.97 Å². The molecule has 0 amide bonds. The van der Waals surface area contributed by atoms with Crippen LogP contribution in [0, 0.1) is 20.8 Å². The Balaban J connectivity index is 2.05. The third kappa shape index (κ3) is 2.59. The van der Waals surface area contributed by atoms with E-state index < -0.39 is 0 Å². The summed E-state index contributed by atoms with van der Waals surface area (Å²) in [7, 11) is 0. The zero-order valence-corrected chi connectivity index (χ0v) is 10.8. The predicted molar refractivity (Wildman–Crippen MR) is 68.4 cm³/mol. The van der Waals surface area contributed by atoms with Gasteiger partial charge in [0.05, 0.1) is 0 Å². The molecular formula is C14H16N2O2. The number of aromatic amines is 1. The van der Waals surface area contributed by atoms with Crippen LogP contribution in [0.4, 0.5) is 0 Å². The number of carbonyl (C=O) groups is 1. The Morgan fingerprint density at radius 3 is 2.72 bits per heavy atom. The Bertz CT molecular complexity index is 573. The Kier molecular flexibility index (Phi) is 3.46. The molecule has 0 spiro atoms. The van der Waals surface area contributed by atoms with Crippen molar-refractivity contribution >= 4 is 5.97 Å². The second-order valence-electron chi connectivity index (χ2n) is 4.39. The number of esters is 1. The Labute approximate surface area is 106 Å². The van der Waals surface area contributed by atoms with E-state index in [0.717, 1.165) is 22.4 Å². The minimum Gasteiger partial charge on any atom is -0.456 e. The first-order valence-electron chi connectivity index (χ1n) is 5.80. The van der Waals surface area contributed by atoms with Gasteiger partial charge in [0.1, 0.15) is 12.3 Å². The molecule has 4 heteroatoms. The lowest BCUT2D eigenvalue weighted by atomic mass is 10.2. The summed E-state index contributed by atoms with van der Waals surface area (Å²) in [5.41, 5.74) is 4.37. The molecule has 0 fully saturated rings. The number of ether oxygens (including phenoxy) is 1. The van der Waals surface area contributed by atoms with Crippen molar-refractivity contribution in [2.75, 3.05) is 0 Å². The van der Waals surface area contributed by atoms with Gasteiger partial charge in [-0.25, -0.2) is 4.79 Å². The van der Waals surface area contributed by atoms with Crippen LogP contribution in [0.3, 0.4) is 0 Å². The van der Waals surface area contributed by atoms with Gasteiger partial charge in [-0.1, -0.05) is 0 Å². The molecule has 0 unspecified atom stereocenters. The van der Waals surface area contributed by atoms with E-state index in [9.17, 15) is 4.79 Å². The monoisotopic (exact) mass is 244 g/mol. The average Bonchev–Trinajstić information content (AvgIpc) is 2.67. The van der Waals surface area contributed by atoms with Crippen molar-refractivity contribution in [1.82, 2.24) is 9.97 Å². The van der Waals surface area contributed by atoms with E-state index in [1.54, 1.807) is 12.4 Å². The van der Waals surface area contributed by atoms with Gasteiger partial charge < -0.3 is 9.72 Å². The zero-order valence-electron chi connectivity index (χ0n) is 10.8. The van der Waals surface area contributed by atoms with Gasteiger partial charge in [0.25, 0.3) is 0 Å². The lowest BCUT2D eigenvalue weighted by Crippen LogP contribution is -2.08. The fourth-order valence-electron chi connectivity index (χ4n) is 1.80. The highest BCUT2D eigenvalue weighted by Gasteiger charge is 2.13. The lowest BCUT2D eigenvalue weighted by Gasteiger charge is -2.06. The van der Waals surface area contributed by atoms with Gasteiger partial charge in [0, 0.05) is 23.7 Å². The molecule has 0 saturated heterocycles. The lowest BCUT2D eigenvalue weighted by molar-refractivity contribution is 0.0464. The van der Waals surface area contributed by atoms with Gasteiger partial charge in [-0.15, -0.1) is 0 Å². The highest BCUT2D eigenvalue weighted by atomic mass is 16.5. The molecule has 0 bridgehead atoms. The third-order valence-corrected chi connectivity index (χ3v) is 2.86. The van der Waals surface area contributed by atoms with Crippen LogP contribution in [0.2, 0.25) is 0 Å². The molecule has 2 heterocycles. The largest absolute Gasteiger partial charge is 0.456 e. The molecule has 0 saturated carbocycles. The summed E-state index contributed by atoms with van der Waals surface area (Å²) in [6, 6.07) is 3.82. The Hall–Kier alpha value is -2.10. The number of carbonyl (C=O) groups excluding carboxylic acids is 1. The molecule has 0 aliphatic rings. The van der Waals surface area contributed by atoms with Crippen LogP contribution in [-0.4, -0.2) is 15.9 Å². The molecular weight excluding hydrogens is 228 g/mol. The first-order chi connectivity index (χ1) is 8.58. The summed E-state index contributed by atoms with van der Waals surface area (Å²) in [5.74, 6) is -0.330. The van der Waals surface area contributed by atoms with E-state index >= 15 is 0 Å². The third-order valence-electron chi connectivity index (χ3n) is 2.86. The molecule has 2 rings (SSSR count). The molecule has 0 radical (unpaired) electrons. The van der Waals surface area contributed by atoms with Crippen LogP contribution < -0.4 is 0 Å². The maximum atomic E-state index is 11.9. The highest BCUT2D eigenvalue weighted by Crippen LogP contribution is 2.12. The van der Waals surface area contributed by atoms with Crippen LogP contribution in [0.1, 0.15) is 32.9 Å². The van der Waals surface area contributed by atoms with Gasteiger partial charge in [-0.05, 0) is 44.0 Å². The molecule has 0 aliphatic carbocycles. The number of nitrogens with one attached hydrogen (secondary N) is 1. The number of aromatic nitrogens is 2. The topological polar surface area (TPSA) is 55.0 Å². The molecule has 94 valence electrons. The van der Waals surface area contributed by atoms with Crippen LogP contribution in [-0.2, 0) is 11.3 Å². The first kappa shape index (κ1) is 12.4. The van der Waals surface area contributed by atoms with Gasteiger partial charge in [0.15, 0.2) is 0 Å². The van der Waals surface area contributed by atoms with Gasteiger partial charge >= 0.3 is 5.97 Å². The van der Waals surface area contributed by atoms with E-state index in [4.69, 9.17) is 4.74 Å². The van der Waals surface area contributed by atoms with Crippen molar-refractivity contribution in [3.05, 3.63) is 52.6 Å². The van der Waals surface area contributed by atoms with Crippen molar-refractivity contribution in [3.8, 4) is 0 Å². The quantitative estimate of drug-likeness (QED) is 0.844. The summed E-state index contributed by atoms with van der Waals surface area (Å²) in [4.78, 5) is 18.9. The van der Waals surface area contributed by atoms with Crippen molar-refractivity contribution in [1.29, 1.82) is 0 Å². The van der Waals surface area contributed by atoms with Gasteiger partial charge in [-0.3, -0.25) is 4.98 Å². The van der Waals surface area contributed by atoms with Crippen molar-refractivity contribution in [2.45, 2.75) is 27.4 Å². The second kappa shape index (κ2) is 5.04. The standard InChI is InChI=1S/C14H16N2O2/c1-9-4-5-15-7-12(9)8-18-14(17)13-10(2)6-11(3)16-13/h4-7,16H,8H2,1-3H3. The van der Waals surface area contributed by atoms with Crippen molar-refractivity contribution < 1.29 is 9.53 Å². The summed E-state index contributed by atoms with van der Waals surface area (Å²) >= 11 is 0. The second-order valence-corrected chi connectivity index (χ2v) is 4.39. The van der Waals surface area contributed by atoms with Crippen molar-refractivity contribution in [3.63, 3.8) is 0 Å². The number of nitrogens with zero attached hydrogens (tertiary/aromatic N) is 1. The number of rotatable bonds is 3. The first-order valence-corrected chi connectivity index (χ1v) is 5.80. The molecule has 4 nitrogen and oxygen atoms in total. The highest BCUT2D eigenvalue weighted by molar-refractivity contribution is 5.89. The minimum absolute atomic E-state index is 0.246. The van der Waals surface area contributed by atoms with E-state index in [1.807, 2.05) is 32.9 Å². The molecule has 2 aromatic heterocycles. The Morgan fingerprint density at radius 1 is 1.33 bits per heavy atom. The maximum absolute atomic E-state index is 11.9. The van der Waals surface area contributed by atoms with Crippen LogP contribution in [0.15, 0.2) is 24.5 Å². The van der Waals surface area contributed by atoms with Crippen molar-refractivity contribution in [2.24, 2.45) is 0 Å². The maximum Gasteiger partial charge on any atom is 0.355 e. The predicted octanol–water partition coefficient (Wildman–Crippen LogP) is 2.69. The molecule has 18 heavy (non-hydrogen) atoms. The fourth-order valence-corrected chi connectivity index (χ4v) is 1.80. The number of pyridine rings is 1. The summed E-state index contributed by atoms with van der Waals surface area (Å²) in [6.07, 6.45) is 3.44. The summed E-state index contributed by atoms with van der Waals surface area (Å²) < 4.78 is 5.28. The SMILES string of the molecule is Cc1cc(C)c(C(=O)OCc2cnccc2C)[nH]1. The van der Waals surface area contributed by atoms with Crippen LogP contribution >= 0.6 is 0 Å². The Morgan fingerprint density at radius 2 is 2.11 bits per heavy atom. The minimum atomic E-state index is -0.330. The number of aryl methyl sites for hydroxylation is 3. The van der Waals surface area contributed by atoms with Crippen LogP contribution in [0.5, 0.6) is 0 Å². The van der Waals surface area contributed by atoms with E-state index in [0.29, 0.717) is 5.69 Å². The fraction of sp³-hybridized carbons (Fsp3) is 0.286. The number of hydrogen-bond donors (Lipinski definition) is 1. The number of H-pyrrole nitrogens is 1. The molecule has 1 N–H and O–H groups in total. The van der Waals surface area contributed by atoms with Gasteiger partial charge in [-0.2, -0.15) is 0 Å². The normalized spacial score (nSPS) is 10.4. The van der Waals surface area contributed by atoms with Crippen LogP contribution in [0.25, 0.3) is 0 Å².